The number of hydrogen-bond donors (Lipinski definition) is 1. The van der Waals surface area contributed by atoms with Gasteiger partial charge in [0.1, 0.15) is 5.75 Å². The molecule has 0 aliphatic carbocycles. The summed E-state index contributed by atoms with van der Waals surface area (Å²) in [5.74, 6) is 1.08. The van der Waals surface area contributed by atoms with Crippen molar-refractivity contribution in [2.24, 2.45) is 0 Å². The van der Waals surface area contributed by atoms with E-state index in [1.54, 1.807) is 6.07 Å². The Hall–Kier alpha value is -2.73. The number of ether oxygens (including phenoxy) is 1. The molecule has 1 atom stereocenters. The summed E-state index contributed by atoms with van der Waals surface area (Å²) in [5, 5.41) is 3.48. The lowest BCUT2D eigenvalue weighted by Crippen LogP contribution is -2.48. The first kappa shape index (κ1) is 23.9. The molecular weight excluding hydrogens is 426 g/mol. The normalized spacial score (nSPS) is 14.8. The van der Waals surface area contributed by atoms with Crippen molar-refractivity contribution in [3.05, 3.63) is 53.1 Å². The fourth-order valence-electron chi connectivity index (χ4n) is 3.77. The Morgan fingerprint density at radius 1 is 1.06 bits per heavy atom. The van der Waals surface area contributed by atoms with Crippen molar-refractivity contribution in [3.8, 4) is 5.75 Å². The highest BCUT2D eigenvalue weighted by Crippen LogP contribution is 2.30. The Morgan fingerprint density at radius 2 is 1.75 bits per heavy atom. The van der Waals surface area contributed by atoms with Gasteiger partial charge in [-0.3, -0.25) is 9.59 Å². The highest BCUT2D eigenvalue weighted by Gasteiger charge is 2.22. The van der Waals surface area contributed by atoms with Crippen molar-refractivity contribution >= 4 is 34.8 Å². The van der Waals surface area contributed by atoms with Gasteiger partial charge >= 0.3 is 0 Å². The van der Waals surface area contributed by atoms with E-state index in [9.17, 15) is 9.59 Å². The maximum absolute atomic E-state index is 12.6. The van der Waals surface area contributed by atoms with E-state index in [1.807, 2.05) is 48.2 Å². The number of halogens is 1. The van der Waals surface area contributed by atoms with Gasteiger partial charge in [-0.1, -0.05) is 44.5 Å². The van der Waals surface area contributed by atoms with E-state index in [-0.39, 0.29) is 18.4 Å². The average Bonchev–Trinajstić information content (AvgIpc) is 2.82. The third-order valence-electron chi connectivity index (χ3n) is 5.94. The summed E-state index contributed by atoms with van der Waals surface area (Å²) in [7, 11) is 0. The third-order valence-corrected chi connectivity index (χ3v) is 6.17. The van der Waals surface area contributed by atoms with Gasteiger partial charge in [0.25, 0.3) is 5.91 Å². The lowest BCUT2D eigenvalue weighted by molar-refractivity contribution is -0.131. The molecule has 6 nitrogen and oxygen atoms in total. The third kappa shape index (κ3) is 6.16. The van der Waals surface area contributed by atoms with Crippen molar-refractivity contribution in [1.82, 2.24) is 4.90 Å². The molecule has 0 aromatic heterocycles. The lowest BCUT2D eigenvalue weighted by Gasteiger charge is -2.37. The molecule has 0 spiro atoms. The van der Waals surface area contributed by atoms with E-state index in [2.05, 4.69) is 24.1 Å². The molecule has 1 heterocycles. The van der Waals surface area contributed by atoms with Crippen LogP contribution in [0.25, 0.3) is 0 Å². The molecule has 172 valence electrons. The van der Waals surface area contributed by atoms with Crippen LogP contribution in [-0.4, -0.2) is 49.5 Å². The fourth-order valence-corrected chi connectivity index (χ4v) is 3.94. The maximum atomic E-state index is 12.6. The van der Waals surface area contributed by atoms with E-state index in [0.29, 0.717) is 55.0 Å². The van der Waals surface area contributed by atoms with Crippen LogP contribution in [-0.2, 0) is 9.59 Å². The van der Waals surface area contributed by atoms with Gasteiger partial charge in [0.2, 0.25) is 5.91 Å². The second-order valence-electron chi connectivity index (χ2n) is 8.10. The topological polar surface area (TPSA) is 61.9 Å². The smallest absolute Gasteiger partial charge is 0.262 e. The largest absolute Gasteiger partial charge is 0.484 e. The fraction of sp³-hybridized carbons (Fsp3) is 0.440. The second-order valence-corrected chi connectivity index (χ2v) is 8.53. The van der Waals surface area contributed by atoms with Crippen LogP contribution in [0, 0.1) is 0 Å². The summed E-state index contributed by atoms with van der Waals surface area (Å²) in [5.41, 5.74) is 2.80. The van der Waals surface area contributed by atoms with Crippen molar-refractivity contribution in [3.63, 3.8) is 0 Å². The standard InChI is InChI=1S/C25H32ClN3O3/c1-4-18(3)19-6-9-21(10-7-19)32-17-24(30)27-22-16-20(26)8-11-23(22)28-12-14-29(15-13-28)25(31)5-2/h6-11,16,18H,4-5,12-15,17H2,1-3H3,(H,27,30)/t18-/m0/s1. The van der Waals surface area contributed by atoms with Gasteiger partial charge < -0.3 is 19.9 Å². The molecule has 3 rings (SSSR count). The molecule has 1 aliphatic rings. The number of rotatable bonds is 8. The first-order chi connectivity index (χ1) is 15.4. The van der Waals surface area contributed by atoms with Crippen LogP contribution in [0.5, 0.6) is 5.75 Å². The molecule has 2 amide bonds. The minimum Gasteiger partial charge on any atom is -0.484 e. The molecule has 0 saturated carbocycles. The van der Waals surface area contributed by atoms with Gasteiger partial charge in [-0.15, -0.1) is 0 Å². The number of nitrogens with one attached hydrogen (secondary N) is 1. The predicted molar refractivity (Wildman–Crippen MR) is 130 cm³/mol. The van der Waals surface area contributed by atoms with Crippen LogP contribution < -0.4 is 15.0 Å². The number of benzene rings is 2. The summed E-state index contributed by atoms with van der Waals surface area (Å²) in [4.78, 5) is 28.6. The van der Waals surface area contributed by atoms with E-state index in [0.717, 1.165) is 12.1 Å². The summed E-state index contributed by atoms with van der Waals surface area (Å²) < 4.78 is 5.67. The van der Waals surface area contributed by atoms with Gasteiger partial charge in [-0.25, -0.2) is 0 Å². The van der Waals surface area contributed by atoms with E-state index in [1.165, 1.54) is 5.56 Å². The molecule has 2 aromatic carbocycles. The van der Waals surface area contributed by atoms with E-state index < -0.39 is 0 Å². The molecule has 32 heavy (non-hydrogen) atoms. The molecular formula is C25H32ClN3O3. The van der Waals surface area contributed by atoms with Crippen LogP contribution in [0.3, 0.4) is 0 Å². The number of carbonyl (C=O) groups excluding carboxylic acids is 2. The molecule has 1 N–H and O–H groups in total. The highest BCUT2D eigenvalue weighted by atomic mass is 35.5. The molecule has 0 unspecified atom stereocenters. The molecule has 1 fully saturated rings. The lowest BCUT2D eigenvalue weighted by atomic mass is 9.99. The molecule has 1 aliphatic heterocycles. The molecule has 7 heteroatoms. The maximum Gasteiger partial charge on any atom is 0.262 e. The van der Waals surface area contributed by atoms with Crippen LogP contribution in [0.4, 0.5) is 11.4 Å². The Labute approximate surface area is 195 Å². The zero-order chi connectivity index (χ0) is 23.1. The quantitative estimate of drug-likeness (QED) is 0.610. The molecule has 1 saturated heterocycles. The zero-order valence-electron chi connectivity index (χ0n) is 19.1. The minimum absolute atomic E-state index is 0.0899. The van der Waals surface area contributed by atoms with Gasteiger partial charge in [0.05, 0.1) is 11.4 Å². The Balaban J connectivity index is 1.60. The zero-order valence-corrected chi connectivity index (χ0v) is 19.8. The summed E-state index contributed by atoms with van der Waals surface area (Å²) >= 11 is 6.19. The van der Waals surface area contributed by atoms with E-state index >= 15 is 0 Å². The number of carbonyl (C=O) groups is 2. The SMILES string of the molecule is CCC(=O)N1CCN(c2ccc(Cl)cc2NC(=O)COc2ccc([C@@H](C)CC)cc2)CC1. The van der Waals surface area contributed by atoms with Crippen molar-refractivity contribution in [1.29, 1.82) is 0 Å². The summed E-state index contributed by atoms with van der Waals surface area (Å²) in [6, 6.07) is 13.3. The highest BCUT2D eigenvalue weighted by molar-refractivity contribution is 6.31. The van der Waals surface area contributed by atoms with Gasteiger partial charge in [0.15, 0.2) is 6.61 Å². The number of amides is 2. The number of piperazine rings is 1. The Morgan fingerprint density at radius 3 is 2.38 bits per heavy atom. The molecule has 0 bridgehead atoms. The Kier molecular flexibility index (Phi) is 8.39. The van der Waals surface area contributed by atoms with Crippen LogP contribution in [0.2, 0.25) is 5.02 Å². The number of anilines is 2. The van der Waals surface area contributed by atoms with Crippen LogP contribution in [0.1, 0.15) is 45.1 Å². The van der Waals surface area contributed by atoms with E-state index in [4.69, 9.17) is 16.3 Å². The van der Waals surface area contributed by atoms with Crippen molar-refractivity contribution in [2.75, 3.05) is 43.0 Å². The van der Waals surface area contributed by atoms with Gasteiger partial charge in [-0.05, 0) is 48.2 Å². The monoisotopic (exact) mass is 457 g/mol. The summed E-state index contributed by atoms with van der Waals surface area (Å²) in [6.45, 7) is 8.88. The molecule has 0 radical (unpaired) electrons. The number of hydrogen-bond acceptors (Lipinski definition) is 4. The second kappa shape index (κ2) is 11.2. The average molecular weight is 458 g/mol. The number of nitrogens with zero attached hydrogens (tertiary/aromatic N) is 2. The van der Waals surface area contributed by atoms with Gasteiger partial charge in [0, 0.05) is 37.6 Å². The predicted octanol–water partition coefficient (Wildman–Crippen LogP) is 4.93. The van der Waals surface area contributed by atoms with Gasteiger partial charge in [-0.2, -0.15) is 0 Å². The summed E-state index contributed by atoms with van der Waals surface area (Å²) in [6.07, 6.45) is 1.59. The van der Waals surface area contributed by atoms with Crippen LogP contribution in [0.15, 0.2) is 42.5 Å². The van der Waals surface area contributed by atoms with Crippen molar-refractivity contribution < 1.29 is 14.3 Å². The Bertz CT molecular complexity index is 925. The molecule has 2 aromatic rings. The van der Waals surface area contributed by atoms with Crippen molar-refractivity contribution in [2.45, 2.75) is 39.5 Å². The minimum atomic E-state index is -0.251. The van der Waals surface area contributed by atoms with Crippen LogP contribution >= 0.6 is 11.6 Å². The first-order valence-corrected chi connectivity index (χ1v) is 11.6. The first-order valence-electron chi connectivity index (χ1n) is 11.3.